The molecule has 1 heterocycles. The summed E-state index contributed by atoms with van der Waals surface area (Å²) in [6.45, 7) is 7.43. The Kier molecular flexibility index (Phi) is 5.37. The van der Waals surface area contributed by atoms with Gasteiger partial charge in [0.2, 0.25) is 0 Å². The molecule has 1 saturated heterocycles. The summed E-state index contributed by atoms with van der Waals surface area (Å²) in [5, 5.41) is 14.3. The maximum Gasteiger partial charge on any atom is 0.310 e. The molecule has 0 spiro atoms. The van der Waals surface area contributed by atoms with Gasteiger partial charge in [0.15, 0.2) is 5.75 Å². The second kappa shape index (κ2) is 7.07. The van der Waals surface area contributed by atoms with Crippen molar-refractivity contribution in [1.82, 2.24) is 5.32 Å². The molecular formula is C16H24N2O4. The van der Waals surface area contributed by atoms with E-state index in [1.54, 1.807) is 18.2 Å². The average Bonchev–Trinajstić information content (AvgIpc) is 2.44. The first-order valence-electron chi connectivity index (χ1n) is 7.62. The highest BCUT2D eigenvalue weighted by molar-refractivity contribution is 5.45. The second-order valence-corrected chi connectivity index (χ2v) is 6.60. The van der Waals surface area contributed by atoms with Gasteiger partial charge in [0, 0.05) is 6.07 Å². The zero-order valence-electron chi connectivity index (χ0n) is 13.4. The lowest BCUT2D eigenvalue weighted by Gasteiger charge is -2.34. The van der Waals surface area contributed by atoms with Gasteiger partial charge < -0.3 is 9.47 Å². The highest BCUT2D eigenvalue weighted by Crippen LogP contribution is 2.28. The van der Waals surface area contributed by atoms with Crippen molar-refractivity contribution in [1.29, 1.82) is 0 Å². The molecule has 6 nitrogen and oxygen atoms in total. The quantitative estimate of drug-likeness (QED) is 0.668. The molecule has 0 amide bonds. The Balaban J connectivity index is 1.90. The van der Waals surface area contributed by atoms with Crippen molar-refractivity contribution in [2.24, 2.45) is 5.92 Å². The molecule has 0 radical (unpaired) electrons. The normalized spacial score (nSPS) is 22.3. The van der Waals surface area contributed by atoms with E-state index in [0.717, 1.165) is 19.4 Å². The standard InChI is InChI=1S/C16H24N2O4/c1-16(2,3)22-15-10-12(8-9-17-15)11-21-14-7-5-4-6-13(14)18(19)20/h4-7,12,15,17H,8-11H2,1-3H3. The molecule has 2 atom stereocenters. The van der Waals surface area contributed by atoms with E-state index < -0.39 is 4.92 Å². The summed E-state index contributed by atoms with van der Waals surface area (Å²) in [5.41, 5.74) is -0.183. The van der Waals surface area contributed by atoms with Crippen molar-refractivity contribution in [3.8, 4) is 5.75 Å². The molecule has 1 fully saturated rings. The Morgan fingerprint density at radius 3 is 2.77 bits per heavy atom. The number of piperidine rings is 1. The van der Waals surface area contributed by atoms with Gasteiger partial charge in [-0.2, -0.15) is 0 Å². The Hall–Kier alpha value is -1.66. The van der Waals surface area contributed by atoms with Crippen LogP contribution in [0.25, 0.3) is 0 Å². The topological polar surface area (TPSA) is 73.6 Å². The van der Waals surface area contributed by atoms with E-state index in [0.29, 0.717) is 18.3 Å². The van der Waals surface area contributed by atoms with E-state index in [9.17, 15) is 10.1 Å². The molecule has 22 heavy (non-hydrogen) atoms. The molecule has 0 aliphatic carbocycles. The molecule has 122 valence electrons. The van der Waals surface area contributed by atoms with Crippen LogP contribution < -0.4 is 10.1 Å². The number of nitrogens with zero attached hydrogens (tertiary/aromatic N) is 1. The van der Waals surface area contributed by atoms with Crippen molar-refractivity contribution in [3.05, 3.63) is 34.4 Å². The minimum Gasteiger partial charge on any atom is -0.487 e. The summed E-state index contributed by atoms with van der Waals surface area (Å²) in [4.78, 5) is 10.6. The smallest absolute Gasteiger partial charge is 0.310 e. The summed E-state index contributed by atoms with van der Waals surface area (Å²) < 4.78 is 11.6. The Morgan fingerprint density at radius 2 is 2.09 bits per heavy atom. The van der Waals surface area contributed by atoms with Crippen LogP contribution in [0.15, 0.2) is 24.3 Å². The first-order chi connectivity index (χ1) is 10.3. The van der Waals surface area contributed by atoms with Gasteiger partial charge in [-0.1, -0.05) is 12.1 Å². The molecule has 1 N–H and O–H groups in total. The van der Waals surface area contributed by atoms with Crippen LogP contribution in [0, 0.1) is 16.0 Å². The fourth-order valence-electron chi connectivity index (χ4n) is 2.56. The number of para-hydroxylation sites is 2. The van der Waals surface area contributed by atoms with E-state index in [-0.39, 0.29) is 17.5 Å². The van der Waals surface area contributed by atoms with Crippen molar-refractivity contribution in [2.75, 3.05) is 13.2 Å². The molecule has 0 saturated carbocycles. The predicted octanol–water partition coefficient (Wildman–Crippen LogP) is 3.11. The second-order valence-electron chi connectivity index (χ2n) is 6.60. The number of benzene rings is 1. The summed E-state index contributed by atoms with van der Waals surface area (Å²) >= 11 is 0. The van der Waals surface area contributed by atoms with Crippen molar-refractivity contribution in [3.63, 3.8) is 0 Å². The largest absolute Gasteiger partial charge is 0.487 e. The van der Waals surface area contributed by atoms with Gasteiger partial charge in [0.25, 0.3) is 0 Å². The highest BCUT2D eigenvalue weighted by atomic mass is 16.6. The maximum atomic E-state index is 11.0. The van der Waals surface area contributed by atoms with Gasteiger partial charge in [0.1, 0.15) is 6.23 Å². The molecule has 0 bridgehead atoms. The zero-order chi connectivity index (χ0) is 16.2. The Bertz CT molecular complexity index is 513. The minimum absolute atomic E-state index is 0.00751. The van der Waals surface area contributed by atoms with Crippen LogP contribution in [-0.4, -0.2) is 29.9 Å². The number of ether oxygens (including phenoxy) is 2. The first-order valence-corrected chi connectivity index (χ1v) is 7.62. The lowest BCUT2D eigenvalue weighted by molar-refractivity contribution is -0.385. The van der Waals surface area contributed by atoms with Crippen LogP contribution in [0.2, 0.25) is 0 Å². The lowest BCUT2D eigenvalue weighted by Crippen LogP contribution is -2.44. The molecular weight excluding hydrogens is 284 g/mol. The minimum atomic E-state index is -0.413. The van der Waals surface area contributed by atoms with Gasteiger partial charge in [0.05, 0.1) is 17.1 Å². The molecule has 2 unspecified atom stereocenters. The predicted molar refractivity (Wildman–Crippen MR) is 83.9 cm³/mol. The molecule has 1 aromatic rings. The van der Waals surface area contributed by atoms with Crippen LogP contribution in [0.1, 0.15) is 33.6 Å². The van der Waals surface area contributed by atoms with Crippen LogP contribution in [0.3, 0.4) is 0 Å². The third-order valence-electron chi connectivity index (χ3n) is 3.50. The summed E-state index contributed by atoms with van der Waals surface area (Å²) in [5.74, 6) is 0.660. The van der Waals surface area contributed by atoms with Crippen molar-refractivity contribution < 1.29 is 14.4 Å². The number of nitro groups is 1. The third-order valence-corrected chi connectivity index (χ3v) is 3.50. The Labute approximate surface area is 131 Å². The average molecular weight is 308 g/mol. The third kappa shape index (κ3) is 4.96. The van der Waals surface area contributed by atoms with Gasteiger partial charge in [-0.3, -0.25) is 15.4 Å². The van der Waals surface area contributed by atoms with Crippen LogP contribution >= 0.6 is 0 Å². The monoisotopic (exact) mass is 308 g/mol. The summed E-state index contributed by atoms with van der Waals surface area (Å²) in [6.07, 6.45) is 1.83. The highest BCUT2D eigenvalue weighted by Gasteiger charge is 2.26. The summed E-state index contributed by atoms with van der Waals surface area (Å²) in [7, 11) is 0. The number of nitrogens with one attached hydrogen (secondary N) is 1. The molecule has 1 aromatic carbocycles. The van der Waals surface area contributed by atoms with E-state index in [1.807, 2.05) is 20.8 Å². The van der Waals surface area contributed by atoms with Crippen molar-refractivity contribution >= 4 is 5.69 Å². The number of hydrogen-bond donors (Lipinski definition) is 1. The van der Waals surface area contributed by atoms with E-state index in [2.05, 4.69) is 5.32 Å². The molecule has 0 aromatic heterocycles. The van der Waals surface area contributed by atoms with Crippen LogP contribution in [0.5, 0.6) is 5.75 Å². The fraction of sp³-hybridized carbons (Fsp3) is 0.625. The fourth-order valence-corrected chi connectivity index (χ4v) is 2.56. The molecule has 6 heteroatoms. The van der Waals surface area contributed by atoms with Crippen LogP contribution in [0.4, 0.5) is 5.69 Å². The molecule has 1 aliphatic rings. The number of rotatable bonds is 5. The SMILES string of the molecule is CC(C)(C)OC1CC(COc2ccccc2[N+](=O)[O-])CCN1. The molecule has 1 aliphatic heterocycles. The zero-order valence-corrected chi connectivity index (χ0v) is 13.4. The van der Waals surface area contributed by atoms with E-state index in [1.165, 1.54) is 6.07 Å². The number of hydrogen-bond acceptors (Lipinski definition) is 5. The van der Waals surface area contributed by atoms with Gasteiger partial charge in [-0.05, 0) is 52.1 Å². The first kappa shape index (κ1) is 16.7. The van der Waals surface area contributed by atoms with E-state index in [4.69, 9.17) is 9.47 Å². The lowest BCUT2D eigenvalue weighted by atomic mass is 9.97. The maximum absolute atomic E-state index is 11.0. The van der Waals surface area contributed by atoms with Crippen molar-refractivity contribution in [2.45, 2.75) is 45.4 Å². The van der Waals surface area contributed by atoms with E-state index >= 15 is 0 Å². The van der Waals surface area contributed by atoms with Gasteiger partial charge in [-0.25, -0.2) is 0 Å². The van der Waals surface area contributed by atoms with Gasteiger partial charge in [-0.15, -0.1) is 0 Å². The van der Waals surface area contributed by atoms with Crippen LogP contribution in [-0.2, 0) is 4.74 Å². The van der Waals surface area contributed by atoms with Gasteiger partial charge >= 0.3 is 5.69 Å². The Morgan fingerprint density at radius 1 is 1.36 bits per heavy atom. The number of nitro benzene ring substituents is 1. The summed E-state index contributed by atoms with van der Waals surface area (Å²) in [6, 6.07) is 6.49. The molecule has 2 rings (SSSR count).